The third-order valence-electron chi connectivity index (χ3n) is 5.03. The third kappa shape index (κ3) is 5.53. The maximum absolute atomic E-state index is 12.9. The fourth-order valence-electron chi connectivity index (χ4n) is 3.53. The van der Waals surface area contributed by atoms with Crippen LogP contribution in [0.3, 0.4) is 0 Å². The van der Waals surface area contributed by atoms with Crippen molar-refractivity contribution in [3.05, 3.63) is 58.8 Å². The van der Waals surface area contributed by atoms with E-state index in [0.29, 0.717) is 36.4 Å². The number of hydrogen-bond donors (Lipinski definition) is 2. The van der Waals surface area contributed by atoms with Gasteiger partial charge < -0.3 is 28.9 Å². The van der Waals surface area contributed by atoms with E-state index in [4.69, 9.17) is 18.3 Å². The zero-order valence-corrected chi connectivity index (χ0v) is 19.6. The van der Waals surface area contributed by atoms with Gasteiger partial charge in [0, 0.05) is 25.9 Å². The molecule has 4 rings (SSSR count). The molecule has 3 aromatic heterocycles. The van der Waals surface area contributed by atoms with Crippen LogP contribution >= 0.6 is 11.3 Å². The number of carbonyl (C=O) groups is 2. The summed E-state index contributed by atoms with van der Waals surface area (Å²) in [5, 5.41) is 15.7. The van der Waals surface area contributed by atoms with Crippen molar-refractivity contribution in [3.8, 4) is 10.8 Å². The summed E-state index contributed by atoms with van der Waals surface area (Å²) in [7, 11) is 1.60. The van der Waals surface area contributed by atoms with Gasteiger partial charge in [0.25, 0.3) is 5.89 Å². The van der Waals surface area contributed by atoms with Gasteiger partial charge in [0.05, 0.1) is 36.5 Å². The molecule has 1 aliphatic rings. The smallest absolute Gasteiger partial charge is 0.338 e. The summed E-state index contributed by atoms with van der Waals surface area (Å²) in [4.78, 5) is 28.2. The molecule has 2 amide bonds. The van der Waals surface area contributed by atoms with E-state index < -0.39 is 18.0 Å². The third-order valence-corrected chi connectivity index (χ3v) is 5.89. The number of ether oxygens (including phenoxy) is 2. The Bertz CT molecular complexity index is 1120. The van der Waals surface area contributed by atoms with E-state index in [9.17, 15) is 9.59 Å². The molecule has 11 nitrogen and oxygen atoms in total. The minimum Gasteiger partial charge on any atom is -0.467 e. The first-order chi connectivity index (χ1) is 16.6. The van der Waals surface area contributed by atoms with E-state index in [1.54, 1.807) is 26.2 Å². The van der Waals surface area contributed by atoms with Gasteiger partial charge in [-0.2, -0.15) is 0 Å². The summed E-state index contributed by atoms with van der Waals surface area (Å²) in [5.74, 6) is 0.726. The van der Waals surface area contributed by atoms with Gasteiger partial charge in [-0.3, -0.25) is 4.90 Å². The van der Waals surface area contributed by atoms with Crippen LogP contribution < -0.4 is 10.6 Å². The summed E-state index contributed by atoms with van der Waals surface area (Å²) >= 11 is 1.51. The topological polar surface area (TPSA) is 132 Å². The van der Waals surface area contributed by atoms with Gasteiger partial charge in [0.2, 0.25) is 5.89 Å². The van der Waals surface area contributed by atoms with Gasteiger partial charge in [-0.1, -0.05) is 6.07 Å². The molecule has 0 saturated heterocycles. The van der Waals surface area contributed by atoms with Crippen LogP contribution in [0.15, 0.2) is 56.0 Å². The molecule has 3 aromatic rings. The molecule has 0 radical (unpaired) electrons. The summed E-state index contributed by atoms with van der Waals surface area (Å²) in [6.07, 6.45) is 1.48. The van der Waals surface area contributed by atoms with Crippen molar-refractivity contribution >= 4 is 23.3 Å². The van der Waals surface area contributed by atoms with E-state index in [2.05, 4.69) is 20.8 Å². The minimum absolute atomic E-state index is 0.190. The molecule has 180 valence electrons. The van der Waals surface area contributed by atoms with Crippen LogP contribution in [0, 0.1) is 0 Å². The Labute approximate surface area is 199 Å². The van der Waals surface area contributed by atoms with Crippen LogP contribution in [0.1, 0.15) is 24.6 Å². The lowest BCUT2D eigenvalue weighted by atomic mass is 10.00. The first-order valence-electron chi connectivity index (χ1n) is 10.7. The molecule has 12 heteroatoms. The minimum atomic E-state index is -0.782. The first-order valence-corrected chi connectivity index (χ1v) is 11.6. The molecule has 0 saturated carbocycles. The summed E-state index contributed by atoms with van der Waals surface area (Å²) < 4.78 is 21.8. The molecule has 0 fully saturated rings. The van der Waals surface area contributed by atoms with Crippen LogP contribution in [0.25, 0.3) is 10.8 Å². The van der Waals surface area contributed by atoms with Crippen LogP contribution in [0.4, 0.5) is 4.79 Å². The van der Waals surface area contributed by atoms with E-state index in [1.807, 2.05) is 22.4 Å². The number of thiophene rings is 1. The van der Waals surface area contributed by atoms with E-state index in [0.717, 1.165) is 4.88 Å². The van der Waals surface area contributed by atoms with Crippen LogP contribution in [-0.4, -0.2) is 60.5 Å². The average molecular weight is 488 g/mol. The van der Waals surface area contributed by atoms with Gasteiger partial charge in [-0.15, -0.1) is 21.5 Å². The Morgan fingerprint density at radius 3 is 2.85 bits per heavy atom. The van der Waals surface area contributed by atoms with Gasteiger partial charge in [-0.25, -0.2) is 9.59 Å². The maximum atomic E-state index is 12.9. The van der Waals surface area contributed by atoms with Gasteiger partial charge >= 0.3 is 12.0 Å². The van der Waals surface area contributed by atoms with Crippen molar-refractivity contribution in [2.24, 2.45) is 0 Å². The quantitative estimate of drug-likeness (QED) is 0.392. The lowest BCUT2D eigenvalue weighted by Gasteiger charge is -2.30. The zero-order valence-electron chi connectivity index (χ0n) is 18.8. The van der Waals surface area contributed by atoms with Crippen molar-refractivity contribution in [2.45, 2.75) is 19.5 Å². The SMILES string of the molecule is CCOC(=O)C1=C(CN(CCOC)Cc2nnc(-c3cccs3)o2)NC(=O)N[C@@H]1c1ccco1. The molecule has 4 heterocycles. The number of hydrogen-bond acceptors (Lipinski definition) is 10. The van der Waals surface area contributed by atoms with E-state index in [-0.39, 0.29) is 25.3 Å². The predicted octanol–water partition coefficient (Wildman–Crippen LogP) is 2.71. The number of esters is 1. The second-order valence-electron chi connectivity index (χ2n) is 7.34. The number of carbonyl (C=O) groups excluding carboxylic acids is 2. The van der Waals surface area contributed by atoms with Crippen LogP contribution in [-0.2, 0) is 20.8 Å². The second-order valence-corrected chi connectivity index (χ2v) is 8.29. The van der Waals surface area contributed by atoms with Crippen LogP contribution in [0.5, 0.6) is 0 Å². The van der Waals surface area contributed by atoms with Crippen LogP contribution in [0.2, 0.25) is 0 Å². The largest absolute Gasteiger partial charge is 0.467 e. The molecule has 34 heavy (non-hydrogen) atoms. The molecule has 2 N–H and O–H groups in total. The van der Waals surface area contributed by atoms with Crippen molar-refractivity contribution in [1.29, 1.82) is 0 Å². The number of rotatable bonds is 11. The molecule has 0 bridgehead atoms. The van der Waals surface area contributed by atoms with Crippen molar-refractivity contribution < 1.29 is 27.9 Å². The van der Waals surface area contributed by atoms with Crippen molar-refractivity contribution in [1.82, 2.24) is 25.7 Å². The Hall–Kier alpha value is -3.48. The fraction of sp³-hybridized carbons (Fsp3) is 0.364. The highest BCUT2D eigenvalue weighted by molar-refractivity contribution is 7.13. The maximum Gasteiger partial charge on any atom is 0.338 e. The van der Waals surface area contributed by atoms with Crippen molar-refractivity contribution in [3.63, 3.8) is 0 Å². The standard InChI is InChI=1S/C22H25N5O6S/c1-3-31-21(28)18-14(23-22(29)24-19(18)15-6-4-9-32-15)12-27(8-10-30-2)13-17-25-26-20(33-17)16-7-5-11-34-16/h4-7,9,11,19H,3,8,10,12-13H2,1-2H3,(H2,23,24,29)/t19-/m1/s1. The van der Waals surface area contributed by atoms with Gasteiger partial charge in [0.15, 0.2) is 0 Å². The number of amides is 2. The Morgan fingerprint density at radius 1 is 1.26 bits per heavy atom. The molecule has 0 spiro atoms. The van der Waals surface area contributed by atoms with Crippen molar-refractivity contribution in [2.75, 3.05) is 33.4 Å². The first kappa shape index (κ1) is 23.7. The summed E-state index contributed by atoms with van der Waals surface area (Å²) in [6.45, 7) is 3.31. The Morgan fingerprint density at radius 2 is 2.15 bits per heavy atom. The van der Waals surface area contributed by atoms with Gasteiger partial charge in [-0.05, 0) is 30.5 Å². The molecular formula is C22H25N5O6S. The highest BCUT2D eigenvalue weighted by Crippen LogP contribution is 2.29. The lowest BCUT2D eigenvalue weighted by Crippen LogP contribution is -2.48. The monoisotopic (exact) mass is 487 g/mol. The molecule has 0 aliphatic carbocycles. The lowest BCUT2D eigenvalue weighted by molar-refractivity contribution is -0.139. The van der Waals surface area contributed by atoms with E-state index in [1.165, 1.54) is 17.6 Å². The fourth-order valence-corrected chi connectivity index (χ4v) is 4.17. The molecular weight excluding hydrogens is 462 g/mol. The highest BCUT2D eigenvalue weighted by atomic mass is 32.1. The predicted molar refractivity (Wildman–Crippen MR) is 122 cm³/mol. The number of nitrogens with one attached hydrogen (secondary N) is 2. The number of furan rings is 1. The normalized spacial score (nSPS) is 16.0. The van der Waals surface area contributed by atoms with Gasteiger partial charge in [0.1, 0.15) is 11.8 Å². The highest BCUT2D eigenvalue weighted by Gasteiger charge is 2.36. The Kier molecular flexibility index (Phi) is 7.72. The number of nitrogens with zero attached hydrogens (tertiary/aromatic N) is 3. The molecule has 1 atom stereocenters. The average Bonchev–Trinajstić information content (AvgIpc) is 3.60. The molecule has 0 aromatic carbocycles. The second kappa shape index (κ2) is 11.1. The Balaban J connectivity index is 1.62. The molecule has 1 aliphatic heterocycles. The number of aromatic nitrogens is 2. The number of methoxy groups -OCH3 is 1. The molecule has 0 unspecified atom stereocenters. The summed E-state index contributed by atoms with van der Waals surface area (Å²) in [5.41, 5.74) is 0.668. The zero-order chi connectivity index (χ0) is 23.9. The van der Waals surface area contributed by atoms with E-state index >= 15 is 0 Å². The number of urea groups is 1. The summed E-state index contributed by atoms with van der Waals surface area (Å²) in [6, 6.07) is 5.97.